The van der Waals surface area contributed by atoms with Crippen LogP contribution in [0.15, 0.2) is 133 Å². The summed E-state index contributed by atoms with van der Waals surface area (Å²) in [5, 5.41) is 28.6. The highest BCUT2D eigenvalue weighted by atomic mass is 16.4. The Morgan fingerprint density at radius 3 is 1.91 bits per heavy atom. The molecule has 1 spiro atoms. The summed E-state index contributed by atoms with van der Waals surface area (Å²) in [7, 11) is -1.61. The lowest BCUT2D eigenvalue weighted by molar-refractivity contribution is 0.426. The van der Waals surface area contributed by atoms with Gasteiger partial charge in [0.2, 0.25) is 0 Å². The van der Waals surface area contributed by atoms with Gasteiger partial charge in [-0.1, -0.05) is 121 Å². The number of fused-ring (bicyclic) bond motifs is 11. The van der Waals surface area contributed by atoms with E-state index in [1.54, 1.807) is 0 Å². The molecule has 0 unspecified atom stereocenters. The van der Waals surface area contributed by atoms with E-state index in [-0.39, 0.29) is 0 Å². The highest BCUT2D eigenvalue weighted by Gasteiger charge is 2.51. The lowest BCUT2D eigenvalue weighted by Crippen LogP contribution is -2.31. The fraction of sp³-hybridized carbons (Fsp3) is 0.0244. The van der Waals surface area contributed by atoms with Crippen LogP contribution in [0.5, 0.6) is 0 Å². The first-order chi connectivity index (χ1) is 22.2. The normalized spacial score (nSPS) is 14.2. The van der Waals surface area contributed by atoms with Crippen molar-refractivity contribution in [3.63, 3.8) is 0 Å². The molecule has 3 nitrogen and oxygen atoms in total. The predicted octanol–water partition coefficient (Wildman–Crippen LogP) is 8.01. The second kappa shape index (κ2) is 7.99. The molecule has 2 aliphatic rings. The van der Waals surface area contributed by atoms with Gasteiger partial charge in [-0.25, -0.2) is 0 Å². The first-order valence-corrected chi connectivity index (χ1v) is 15.5. The van der Waals surface area contributed by atoms with Gasteiger partial charge in [-0.3, -0.25) is 0 Å². The van der Waals surface area contributed by atoms with E-state index in [0.717, 1.165) is 38.3 Å². The van der Waals surface area contributed by atoms with Crippen LogP contribution >= 0.6 is 0 Å². The molecule has 7 aromatic carbocycles. The van der Waals surface area contributed by atoms with E-state index in [9.17, 15) is 10.0 Å². The zero-order chi connectivity index (χ0) is 29.6. The Hall–Kier alpha value is -5.42. The van der Waals surface area contributed by atoms with Crippen LogP contribution in [0.3, 0.4) is 0 Å². The summed E-state index contributed by atoms with van der Waals surface area (Å²) < 4.78 is 2.32. The van der Waals surface area contributed by atoms with Crippen molar-refractivity contribution in [2.75, 3.05) is 0 Å². The largest absolute Gasteiger partial charge is 0.490 e. The van der Waals surface area contributed by atoms with Crippen LogP contribution in [0, 0.1) is 0 Å². The second-order valence-corrected chi connectivity index (χ2v) is 12.6. The maximum absolute atomic E-state index is 10.8. The van der Waals surface area contributed by atoms with Gasteiger partial charge in [0.1, 0.15) is 0 Å². The summed E-state index contributed by atoms with van der Waals surface area (Å²) in [5.41, 5.74) is 13.2. The van der Waals surface area contributed by atoms with E-state index in [2.05, 4.69) is 120 Å². The Morgan fingerprint density at radius 1 is 0.489 bits per heavy atom. The zero-order valence-corrected chi connectivity index (χ0v) is 24.1. The summed E-state index contributed by atoms with van der Waals surface area (Å²) in [4.78, 5) is 0. The molecule has 9 aromatic rings. The monoisotopic (exact) mass is 573 g/mol. The molecule has 0 saturated heterocycles. The molecular formula is C41H24BNO2. The van der Waals surface area contributed by atoms with Gasteiger partial charge in [0, 0.05) is 27.0 Å². The fourth-order valence-corrected chi connectivity index (χ4v) is 9.11. The molecule has 2 aliphatic carbocycles. The second-order valence-electron chi connectivity index (χ2n) is 12.6. The molecule has 0 atom stereocenters. The average molecular weight is 573 g/mol. The maximum Gasteiger partial charge on any atom is 0.490 e. The third-order valence-corrected chi connectivity index (χ3v) is 10.7. The van der Waals surface area contributed by atoms with Gasteiger partial charge in [0.05, 0.1) is 22.0 Å². The fourth-order valence-electron chi connectivity index (χ4n) is 9.11. The van der Waals surface area contributed by atoms with Gasteiger partial charge in [0.15, 0.2) is 0 Å². The molecular weight excluding hydrogens is 549 g/mol. The van der Waals surface area contributed by atoms with E-state index in [1.807, 2.05) is 18.2 Å². The predicted molar refractivity (Wildman–Crippen MR) is 185 cm³/mol. The van der Waals surface area contributed by atoms with Crippen molar-refractivity contribution in [1.29, 1.82) is 0 Å². The van der Waals surface area contributed by atoms with Crippen LogP contribution in [0.1, 0.15) is 22.3 Å². The van der Waals surface area contributed by atoms with Crippen LogP contribution in [-0.4, -0.2) is 21.6 Å². The van der Waals surface area contributed by atoms with Crippen molar-refractivity contribution in [1.82, 2.24) is 4.40 Å². The highest BCUT2D eigenvalue weighted by molar-refractivity contribution is 6.62. The summed E-state index contributed by atoms with van der Waals surface area (Å²) in [5.74, 6) is 0. The topological polar surface area (TPSA) is 44.9 Å². The molecule has 2 aromatic heterocycles. The highest BCUT2D eigenvalue weighted by Crippen LogP contribution is 2.63. The van der Waals surface area contributed by atoms with Gasteiger partial charge < -0.3 is 14.4 Å². The van der Waals surface area contributed by atoms with E-state index in [4.69, 9.17) is 0 Å². The van der Waals surface area contributed by atoms with E-state index in [0.29, 0.717) is 5.46 Å². The molecule has 0 saturated carbocycles. The number of benzene rings is 7. The number of rotatable bonds is 2. The third-order valence-electron chi connectivity index (χ3n) is 10.7. The molecule has 0 bridgehead atoms. The first-order valence-electron chi connectivity index (χ1n) is 15.5. The lowest BCUT2D eigenvalue weighted by atomic mass is 9.70. The minimum absolute atomic E-state index is 0.466. The molecule has 0 radical (unpaired) electrons. The molecule has 2 heterocycles. The van der Waals surface area contributed by atoms with Crippen molar-refractivity contribution >= 4 is 61.4 Å². The summed E-state index contributed by atoms with van der Waals surface area (Å²) >= 11 is 0. The Morgan fingerprint density at radius 2 is 1.16 bits per heavy atom. The van der Waals surface area contributed by atoms with Crippen molar-refractivity contribution < 1.29 is 10.0 Å². The van der Waals surface area contributed by atoms with Gasteiger partial charge in [-0.15, -0.1) is 0 Å². The van der Waals surface area contributed by atoms with Crippen molar-refractivity contribution in [3.05, 3.63) is 156 Å². The Bertz CT molecular complexity index is 2700. The van der Waals surface area contributed by atoms with Gasteiger partial charge in [-0.05, 0) is 67.4 Å². The summed E-state index contributed by atoms with van der Waals surface area (Å²) in [6.07, 6.45) is 0. The SMILES string of the molecule is OB(O)c1ccc2ccc3c4c5c(ccc6c7cc(-c8ccccc8)ccc7n(c1c24)c65)C31c2ccccc2-c2ccccc21. The molecule has 2 N–H and O–H groups in total. The molecule has 0 aliphatic heterocycles. The van der Waals surface area contributed by atoms with Crippen molar-refractivity contribution in [2.45, 2.75) is 5.41 Å². The van der Waals surface area contributed by atoms with Crippen molar-refractivity contribution in [2.24, 2.45) is 0 Å². The molecule has 208 valence electrons. The van der Waals surface area contributed by atoms with Crippen LogP contribution in [0.4, 0.5) is 0 Å². The standard InChI is InChI=1S/C41H24BNO2/c44-42(45)34-20-15-24-14-18-32-37-36(24)40(34)43-35-21-16-25(23-8-2-1-3-9-23)22-29(35)28-17-19-33(38(37)39(28)43)41(32)30-12-6-4-10-26(30)27-11-5-7-13-31(27)41/h1-22,44-45H. The smallest absolute Gasteiger partial charge is 0.423 e. The Balaban J connectivity index is 1.42. The third kappa shape index (κ3) is 2.61. The maximum atomic E-state index is 10.8. The van der Waals surface area contributed by atoms with Gasteiger partial charge in [0.25, 0.3) is 0 Å². The van der Waals surface area contributed by atoms with Crippen molar-refractivity contribution in [3.8, 4) is 22.3 Å². The zero-order valence-electron chi connectivity index (χ0n) is 24.1. The van der Waals surface area contributed by atoms with Crippen LogP contribution < -0.4 is 5.46 Å². The minimum Gasteiger partial charge on any atom is -0.423 e. The van der Waals surface area contributed by atoms with Crippen LogP contribution in [-0.2, 0) is 5.41 Å². The molecule has 0 fully saturated rings. The van der Waals surface area contributed by atoms with E-state index < -0.39 is 12.5 Å². The molecule has 4 heteroatoms. The Kier molecular flexibility index (Phi) is 4.26. The number of nitrogens with zero attached hydrogens (tertiary/aromatic N) is 1. The number of hydrogen-bond acceptors (Lipinski definition) is 2. The summed E-state index contributed by atoms with van der Waals surface area (Å²) in [6.45, 7) is 0. The van der Waals surface area contributed by atoms with E-state index in [1.165, 1.54) is 55.1 Å². The Labute approximate surface area is 258 Å². The quantitative estimate of drug-likeness (QED) is 0.125. The summed E-state index contributed by atoms with van der Waals surface area (Å²) in [6, 6.07) is 48.1. The molecule has 11 rings (SSSR count). The number of pyridine rings is 1. The average Bonchev–Trinajstić information content (AvgIpc) is 3.69. The van der Waals surface area contributed by atoms with Crippen LogP contribution in [0.2, 0.25) is 0 Å². The number of hydrogen-bond donors (Lipinski definition) is 2. The van der Waals surface area contributed by atoms with E-state index >= 15 is 0 Å². The molecule has 0 amide bonds. The number of aromatic nitrogens is 1. The molecule has 45 heavy (non-hydrogen) atoms. The lowest BCUT2D eigenvalue weighted by Gasteiger charge is -2.30. The van der Waals surface area contributed by atoms with Gasteiger partial charge in [-0.2, -0.15) is 0 Å². The van der Waals surface area contributed by atoms with Crippen LogP contribution in [0.25, 0.3) is 71.1 Å². The van der Waals surface area contributed by atoms with Gasteiger partial charge >= 0.3 is 7.12 Å². The first kappa shape index (κ1) is 24.0. The minimum atomic E-state index is -1.61.